The fraction of sp³-hybridized carbons (Fsp3) is 0.857. The first-order chi connectivity index (χ1) is 8.95. The molecule has 3 rings (SSSR count). The molecule has 0 aromatic carbocycles. The van der Waals surface area contributed by atoms with Gasteiger partial charge < -0.3 is 9.88 Å². The first-order valence-corrected chi connectivity index (χ1v) is 7.58. The van der Waals surface area contributed by atoms with Crippen LogP contribution in [0.25, 0.3) is 0 Å². The van der Waals surface area contributed by atoms with E-state index < -0.39 is 0 Å². The van der Waals surface area contributed by atoms with Crippen molar-refractivity contribution in [2.24, 2.45) is 0 Å². The molecule has 0 bridgehead atoms. The van der Waals surface area contributed by atoms with Crippen molar-refractivity contribution in [3.05, 3.63) is 11.6 Å². The molecule has 1 aromatic heterocycles. The monoisotopic (exact) mass is 250 g/mol. The highest BCUT2D eigenvalue weighted by atomic mass is 15.3. The lowest BCUT2D eigenvalue weighted by atomic mass is 9.97. The predicted molar refractivity (Wildman–Crippen MR) is 73.8 cm³/mol. The van der Waals surface area contributed by atoms with Gasteiger partial charge in [0.15, 0.2) is 0 Å². The Morgan fingerprint density at radius 3 is 2.61 bits per heavy atom. The molecule has 0 atom stereocenters. The van der Waals surface area contributed by atoms with E-state index >= 15 is 0 Å². The van der Waals surface area contributed by atoms with Crippen molar-refractivity contribution in [2.75, 3.05) is 13.1 Å². The van der Waals surface area contributed by atoms with Gasteiger partial charge in [-0.05, 0) is 38.8 Å². The molecule has 102 valence electrons. The van der Waals surface area contributed by atoms with Crippen LogP contribution in [-0.4, -0.2) is 27.9 Å². The van der Waals surface area contributed by atoms with Crippen LogP contribution in [-0.2, 0) is 13.0 Å². The van der Waals surface area contributed by atoms with Crippen LogP contribution in [0, 0.1) is 0 Å². The Hall–Kier alpha value is -0.900. The average molecular weight is 250 g/mol. The van der Waals surface area contributed by atoms with Crippen molar-refractivity contribution in [1.29, 1.82) is 0 Å². The minimum atomic E-state index is 0.639. The maximum atomic E-state index is 4.45. The van der Waals surface area contributed by atoms with Crippen molar-refractivity contribution >= 4 is 0 Å². The smallest absolute Gasteiger partial charge is 0.136 e. The summed E-state index contributed by atoms with van der Waals surface area (Å²) in [5.74, 6) is 3.13. The minimum Gasteiger partial charge on any atom is -0.317 e. The van der Waals surface area contributed by atoms with E-state index in [-0.39, 0.29) is 0 Å². The third-order valence-corrected chi connectivity index (χ3v) is 3.84. The van der Waals surface area contributed by atoms with E-state index in [1.54, 1.807) is 0 Å². The highest BCUT2D eigenvalue weighted by Crippen LogP contribution is 2.26. The van der Waals surface area contributed by atoms with E-state index in [0.717, 1.165) is 26.1 Å². The van der Waals surface area contributed by atoms with Crippen LogP contribution in [0.5, 0.6) is 0 Å². The van der Waals surface area contributed by atoms with Crippen LogP contribution in [0.15, 0.2) is 0 Å². The van der Waals surface area contributed by atoms with Crippen LogP contribution in [0.4, 0.5) is 0 Å². The van der Waals surface area contributed by atoms with Crippen molar-refractivity contribution < 1.29 is 0 Å². The second kappa shape index (κ2) is 6.88. The molecule has 1 aromatic rings. The zero-order valence-electron chi connectivity index (χ0n) is 11.8. The molecule has 4 heteroatoms. The van der Waals surface area contributed by atoms with Gasteiger partial charge in [-0.15, -0.1) is 10.2 Å². The fourth-order valence-corrected chi connectivity index (χ4v) is 2.89. The lowest BCUT2D eigenvalue weighted by Crippen LogP contribution is -2.28. The van der Waals surface area contributed by atoms with E-state index in [1.165, 1.54) is 43.8 Å². The van der Waals surface area contributed by atoms with Gasteiger partial charge >= 0.3 is 0 Å². The molecule has 4 nitrogen and oxygen atoms in total. The molecule has 0 spiro atoms. The maximum Gasteiger partial charge on any atom is 0.136 e. The number of piperidine rings is 1. The summed E-state index contributed by atoms with van der Waals surface area (Å²) in [4.78, 5) is 0. The third kappa shape index (κ3) is 2.91. The molecule has 1 fully saturated rings. The van der Waals surface area contributed by atoms with Gasteiger partial charge in [-0.25, -0.2) is 0 Å². The first kappa shape index (κ1) is 13.5. The van der Waals surface area contributed by atoms with E-state index in [4.69, 9.17) is 0 Å². The zero-order chi connectivity index (χ0) is 12.8. The van der Waals surface area contributed by atoms with Gasteiger partial charge in [0, 0.05) is 18.9 Å². The van der Waals surface area contributed by atoms with Gasteiger partial charge in [-0.2, -0.15) is 0 Å². The standard InChI is InChI=1S/C12H20N4.C2H6/c1-2-4-11-14-15-12(16(11)9-3-1)10-5-7-13-8-6-10;1-2/h10,13H,1-9H2;1-2H3. The molecule has 2 aliphatic heterocycles. The van der Waals surface area contributed by atoms with Gasteiger partial charge in [-0.1, -0.05) is 20.3 Å². The fourth-order valence-electron chi connectivity index (χ4n) is 2.89. The van der Waals surface area contributed by atoms with E-state index in [2.05, 4.69) is 20.1 Å². The van der Waals surface area contributed by atoms with Crippen molar-refractivity contribution in [2.45, 2.75) is 64.8 Å². The number of nitrogens with one attached hydrogen (secondary N) is 1. The molecule has 0 saturated carbocycles. The Balaban J connectivity index is 0.000000574. The van der Waals surface area contributed by atoms with Crippen LogP contribution < -0.4 is 5.32 Å². The molecule has 0 unspecified atom stereocenters. The van der Waals surface area contributed by atoms with Gasteiger partial charge in [0.2, 0.25) is 0 Å². The largest absolute Gasteiger partial charge is 0.317 e. The van der Waals surface area contributed by atoms with Crippen LogP contribution in [0.3, 0.4) is 0 Å². The highest BCUT2D eigenvalue weighted by Gasteiger charge is 2.23. The molecule has 1 N–H and O–H groups in total. The Bertz CT molecular complexity index is 353. The first-order valence-electron chi connectivity index (χ1n) is 7.58. The topological polar surface area (TPSA) is 42.7 Å². The minimum absolute atomic E-state index is 0.639. The van der Waals surface area contributed by atoms with Crippen molar-refractivity contribution in [3.63, 3.8) is 0 Å². The summed E-state index contributed by atoms with van der Waals surface area (Å²) in [7, 11) is 0. The molecular formula is C14H26N4. The van der Waals surface area contributed by atoms with Crippen molar-refractivity contribution in [3.8, 4) is 0 Å². The van der Waals surface area contributed by atoms with E-state index in [1.807, 2.05) is 13.8 Å². The van der Waals surface area contributed by atoms with E-state index in [0.29, 0.717) is 5.92 Å². The molecule has 2 aliphatic rings. The summed E-state index contributed by atoms with van der Waals surface area (Å²) in [6.07, 6.45) is 7.48. The second-order valence-electron chi connectivity index (χ2n) is 4.96. The quantitative estimate of drug-likeness (QED) is 0.832. The Labute approximate surface area is 110 Å². The second-order valence-corrected chi connectivity index (χ2v) is 4.96. The number of rotatable bonds is 1. The average Bonchev–Trinajstić information content (AvgIpc) is 2.71. The Kier molecular flexibility index (Phi) is 5.17. The summed E-state index contributed by atoms with van der Waals surface area (Å²) < 4.78 is 2.41. The number of nitrogens with zero attached hydrogens (tertiary/aromatic N) is 3. The predicted octanol–water partition coefficient (Wildman–Crippen LogP) is 2.50. The SMILES string of the molecule is C1CCc2nnc(C3CCNCC3)n2CC1.CC. The maximum absolute atomic E-state index is 4.45. The number of hydrogen-bond acceptors (Lipinski definition) is 3. The van der Waals surface area contributed by atoms with Crippen LogP contribution in [0.2, 0.25) is 0 Å². The third-order valence-electron chi connectivity index (χ3n) is 3.84. The van der Waals surface area contributed by atoms with Gasteiger partial charge in [-0.3, -0.25) is 0 Å². The molecular weight excluding hydrogens is 224 g/mol. The summed E-state index contributed by atoms with van der Waals surface area (Å²) in [6.45, 7) is 7.40. The van der Waals surface area contributed by atoms with Crippen LogP contribution >= 0.6 is 0 Å². The lowest BCUT2D eigenvalue weighted by Gasteiger charge is -2.22. The number of fused-ring (bicyclic) bond motifs is 1. The molecule has 0 amide bonds. The molecule has 0 radical (unpaired) electrons. The molecule has 0 aliphatic carbocycles. The van der Waals surface area contributed by atoms with Gasteiger partial charge in [0.25, 0.3) is 0 Å². The number of hydrogen-bond donors (Lipinski definition) is 1. The van der Waals surface area contributed by atoms with Crippen LogP contribution in [0.1, 0.15) is 63.5 Å². The Morgan fingerprint density at radius 2 is 1.83 bits per heavy atom. The molecule has 3 heterocycles. The summed E-state index contributed by atoms with van der Waals surface area (Å²) in [5.41, 5.74) is 0. The summed E-state index contributed by atoms with van der Waals surface area (Å²) in [5, 5.41) is 12.2. The van der Waals surface area contributed by atoms with Gasteiger partial charge in [0.1, 0.15) is 11.6 Å². The Morgan fingerprint density at radius 1 is 1.06 bits per heavy atom. The lowest BCUT2D eigenvalue weighted by molar-refractivity contribution is 0.427. The summed E-state index contributed by atoms with van der Waals surface area (Å²) in [6, 6.07) is 0. The van der Waals surface area contributed by atoms with Gasteiger partial charge in [0.05, 0.1) is 0 Å². The highest BCUT2D eigenvalue weighted by molar-refractivity contribution is 5.04. The summed E-state index contributed by atoms with van der Waals surface area (Å²) >= 11 is 0. The van der Waals surface area contributed by atoms with Crippen molar-refractivity contribution in [1.82, 2.24) is 20.1 Å². The zero-order valence-corrected chi connectivity index (χ0v) is 11.8. The van der Waals surface area contributed by atoms with E-state index in [9.17, 15) is 0 Å². The number of aryl methyl sites for hydroxylation is 1. The molecule has 18 heavy (non-hydrogen) atoms. The molecule has 1 saturated heterocycles. The number of aromatic nitrogens is 3. The normalized spacial score (nSPS) is 20.6.